The van der Waals surface area contributed by atoms with E-state index in [4.69, 9.17) is 0 Å². The molecule has 1 unspecified atom stereocenters. The van der Waals surface area contributed by atoms with Crippen LogP contribution in [0.15, 0.2) is 23.7 Å². The fourth-order valence-corrected chi connectivity index (χ4v) is 2.44. The molecule has 1 fully saturated rings. The van der Waals surface area contributed by atoms with Crippen molar-refractivity contribution in [2.45, 2.75) is 32.4 Å². The maximum absolute atomic E-state index is 11.7. The molecule has 2 N–H and O–H groups in total. The minimum Gasteiger partial charge on any atom is -0.355 e. The van der Waals surface area contributed by atoms with Crippen molar-refractivity contribution in [1.29, 1.82) is 0 Å². The van der Waals surface area contributed by atoms with Gasteiger partial charge in [0.05, 0.1) is 6.33 Å². The summed E-state index contributed by atoms with van der Waals surface area (Å²) in [5.74, 6) is 1.01. The smallest absolute Gasteiger partial charge is 0.222 e. The zero-order valence-electron chi connectivity index (χ0n) is 13.2. The van der Waals surface area contributed by atoms with Crippen LogP contribution in [-0.4, -0.2) is 59.0 Å². The Bertz CT molecular complexity index is 476. The van der Waals surface area contributed by atoms with Gasteiger partial charge < -0.3 is 20.1 Å². The molecular formula is C14H25IN6O. The highest BCUT2D eigenvalue weighted by molar-refractivity contribution is 14.0. The summed E-state index contributed by atoms with van der Waals surface area (Å²) in [7, 11) is 1.76. The first-order chi connectivity index (χ1) is 10.2. The van der Waals surface area contributed by atoms with Gasteiger partial charge in [-0.3, -0.25) is 9.79 Å². The van der Waals surface area contributed by atoms with E-state index in [9.17, 15) is 4.79 Å². The lowest BCUT2D eigenvalue weighted by molar-refractivity contribution is -0.129. The molecule has 0 aliphatic carbocycles. The number of nitrogens with zero attached hydrogens (tertiary/aromatic N) is 4. The molecule has 2 heterocycles. The summed E-state index contributed by atoms with van der Waals surface area (Å²) in [6.45, 7) is 5.11. The highest BCUT2D eigenvalue weighted by Gasteiger charge is 2.25. The van der Waals surface area contributed by atoms with Gasteiger partial charge >= 0.3 is 0 Å². The molecule has 8 heteroatoms. The number of aliphatic imine (C=N–C) groups is 1. The number of amides is 1. The quantitative estimate of drug-likeness (QED) is 0.418. The second-order valence-corrected chi connectivity index (χ2v) is 5.12. The van der Waals surface area contributed by atoms with Gasteiger partial charge in [-0.05, 0) is 6.42 Å². The Balaban J connectivity index is 0.00000242. The number of hydrogen-bond acceptors (Lipinski definition) is 3. The van der Waals surface area contributed by atoms with Gasteiger partial charge in [-0.25, -0.2) is 4.98 Å². The fourth-order valence-electron chi connectivity index (χ4n) is 2.44. The zero-order valence-corrected chi connectivity index (χ0v) is 15.5. The van der Waals surface area contributed by atoms with Crippen molar-refractivity contribution in [2.75, 3.05) is 26.7 Å². The Kier molecular flexibility index (Phi) is 8.21. The van der Waals surface area contributed by atoms with E-state index < -0.39 is 0 Å². The Hall–Kier alpha value is -1.32. The van der Waals surface area contributed by atoms with Crippen molar-refractivity contribution in [3.05, 3.63) is 18.7 Å². The number of rotatable bonds is 5. The molecule has 0 spiro atoms. The zero-order chi connectivity index (χ0) is 15.1. The topological polar surface area (TPSA) is 74.6 Å². The Morgan fingerprint density at radius 1 is 1.50 bits per heavy atom. The maximum Gasteiger partial charge on any atom is 0.222 e. The van der Waals surface area contributed by atoms with E-state index in [1.165, 1.54) is 0 Å². The molecule has 1 aliphatic rings. The lowest BCUT2D eigenvalue weighted by Gasteiger charge is -2.18. The number of likely N-dealkylation sites (tertiary alicyclic amines) is 1. The van der Waals surface area contributed by atoms with Crippen molar-refractivity contribution in [2.24, 2.45) is 4.99 Å². The average Bonchev–Trinajstić information content (AvgIpc) is 3.16. The van der Waals surface area contributed by atoms with Crippen LogP contribution >= 0.6 is 24.0 Å². The molecule has 1 saturated heterocycles. The number of nitrogens with one attached hydrogen (secondary N) is 2. The normalized spacial score (nSPS) is 18.0. The van der Waals surface area contributed by atoms with E-state index in [1.54, 1.807) is 19.6 Å². The first-order valence-electron chi connectivity index (χ1n) is 7.43. The molecule has 1 aromatic heterocycles. The third-order valence-corrected chi connectivity index (χ3v) is 3.63. The highest BCUT2D eigenvalue weighted by Crippen LogP contribution is 2.10. The highest BCUT2D eigenvalue weighted by atomic mass is 127. The lowest BCUT2D eigenvalue weighted by Crippen LogP contribution is -2.45. The number of imidazole rings is 1. The molecule has 0 bridgehead atoms. The molecule has 1 aliphatic heterocycles. The van der Waals surface area contributed by atoms with Gasteiger partial charge in [0.15, 0.2) is 5.96 Å². The van der Waals surface area contributed by atoms with Crippen molar-refractivity contribution in [1.82, 2.24) is 25.1 Å². The van der Waals surface area contributed by atoms with Gasteiger partial charge in [0.2, 0.25) is 5.91 Å². The van der Waals surface area contributed by atoms with E-state index in [2.05, 4.69) is 20.6 Å². The lowest BCUT2D eigenvalue weighted by atomic mass is 10.3. The molecule has 2 rings (SSSR count). The molecule has 0 aromatic carbocycles. The number of carbonyl (C=O) groups excluding carboxylic acids is 1. The average molecular weight is 420 g/mol. The van der Waals surface area contributed by atoms with Crippen LogP contribution in [0.25, 0.3) is 0 Å². The van der Waals surface area contributed by atoms with Crippen LogP contribution in [0.4, 0.5) is 0 Å². The number of hydrogen-bond donors (Lipinski definition) is 2. The van der Waals surface area contributed by atoms with Crippen LogP contribution < -0.4 is 10.6 Å². The van der Waals surface area contributed by atoms with E-state index in [0.717, 1.165) is 38.6 Å². The number of carbonyl (C=O) groups is 1. The molecule has 1 aromatic rings. The summed E-state index contributed by atoms with van der Waals surface area (Å²) < 4.78 is 2.01. The van der Waals surface area contributed by atoms with Gasteiger partial charge in [0, 0.05) is 58.1 Å². The number of aromatic nitrogens is 2. The van der Waals surface area contributed by atoms with Gasteiger partial charge in [0.25, 0.3) is 0 Å². The van der Waals surface area contributed by atoms with Crippen molar-refractivity contribution in [3.63, 3.8) is 0 Å². The number of guanidine groups is 1. The van der Waals surface area contributed by atoms with Gasteiger partial charge in [-0.15, -0.1) is 24.0 Å². The predicted octanol–water partition coefficient (Wildman–Crippen LogP) is 0.677. The van der Waals surface area contributed by atoms with Gasteiger partial charge in [-0.1, -0.05) is 6.92 Å². The van der Waals surface area contributed by atoms with E-state index in [1.807, 2.05) is 22.6 Å². The molecule has 22 heavy (non-hydrogen) atoms. The summed E-state index contributed by atoms with van der Waals surface area (Å²) in [6, 6.07) is 0.278. The predicted molar refractivity (Wildman–Crippen MR) is 97.4 cm³/mol. The Morgan fingerprint density at radius 3 is 2.95 bits per heavy atom. The monoisotopic (exact) mass is 420 g/mol. The van der Waals surface area contributed by atoms with Crippen LogP contribution in [0.1, 0.15) is 19.8 Å². The summed E-state index contributed by atoms with van der Waals surface area (Å²) >= 11 is 0. The van der Waals surface area contributed by atoms with Crippen molar-refractivity contribution < 1.29 is 4.79 Å². The Labute approximate surface area is 148 Å². The molecular weight excluding hydrogens is 395 g/mol. The molecule has 7 nitrogen and oxygen atoms in total. The SMILES string of the molecule is CCC(=O)N1CCC(NC(=NC)NCCn2ccnc2)C1.I. The minimum absolute atomic E-state index is 0. The molecule has 1 atom stereocenters. The minimum atomic E-state index is 0. The van der Waals surface area contributed by atoms with Gasteiger partial charge in [0.1, 0.15) is 0 Å². The van der Waals surface area contributed by atoms with Crippen molar-refractivity contribution in [3.8, 4) is 0 Å². The van der Waals surface area contributed by atoms with Crippen LogP contribution in [-0.2, 0) is 11.3 Å². The second kappa shape index (κ2) is 9.65. The first kappa shape index (κ1) is 18.7. The van der Waals surface area contributed by atoms with E-state index in [0.29, 0.717) is 6.42 Å². The standard InChI is InChI=1S/C14H24N6O.HI/c1-3-13(21)20-7-4-12(10-20)18-14(15-2)17-6-9-19-8-5-16-11-19;/h5,8,11-12H,3-4,6-7,9-10H2,1-2H3,(H2,15,17,18);1H. The third kappa shape index (κ3) is 5.47. The summed E-state index contributed by atoms with van der Waals surface area (Å²) in [4.78, 5) is 21.8. The Morgan fingerprint density at radius 2 is 2.32 bits per heavy atom. The number of halogens is 1. The third-order valence-electron chi connectivity index (χ3n) is 3.63. The summed E-state index contributed by atoms with van der Waals surface area (Å²) in [5.41, 5.74) is 0. The molecule has 0 saturated carbocycles. The maximum atomic E-state index is 11.7. The second-order valence-electron chi connectivity index (χ2n) is 5.12. The summed E-state index contributed by atoms with van der Waals surface area (Å²) in [5, 5.41) is 6.65. The first-order valence-corrected chi connectivity index (χ1v) is 7.43. The van der Waals surface area contributed by atoms with Crippen LogP contribution in [0.5, 0.6) is 0 Å². The largest absolute Gasteiger partial charge is 0.355 e. The van der Waals surface area contributed by atoms with Gasteiger partial charge in [-0.2, -0.15) is 0 Å². The molecule has 0 radical (unpaired) electrons. The van der Waals surface area contributed by atoms with Crippen molar-refractivity contribution >= 4 is 35.8 Å². The van der Waals surface area contributed by atoms with Crippen LogP contribution in [0, 0.1) is 0 Å². The molecule has 124 valence electrons. The molecule has 1 amide bonds. The van der Waals surface area contributed by atoms with Crippen LogP contribution in [0.2, 0.25) is 0 Å². The fraction of sp³-hybridized carbons (Fsp3) is 0.643. The van der Waals surface area contributed by atoms with Crippen LogP contribution in [0.3, 0.4) is 0 Å². The summed E-state index contributed by atoms with van der Waals surface area (Å²) in [6.07, 6.45) is 7.04. The van der Waals surface area contributed by atoms with E-state index >= 15 is 0 Å². The van der Waals surface area contributed by atoms with E-state index in [-0.39, 0.29) is 35.9 Å².